The standard InChI is InChI=1S/C20H24N4O3S/c1-3-15(2)28(26,27)23-18-6-4-16(5-7-18)19-14-24(12-13-25)22-20(19)17-8-10-21-11-9-17/h4-11,14-15,23,25H,3,12-13H2,1-2H3. The van der Waals surface area contributed by atoms with Gasteiger partial charge in [-0.15, -0.1) is 0 Å². The largest absolute Gasteiger partial charge is 0.394 e. The molecule has 2 aromatic heterocycles. The van der Waals surface area contributed by atoms with Gasteiger partial charge in [-0.2, -0.15) is 5.10 Å². The fraction of sp³-hybridized carbons (Fsp3) is 0.300. The van der Waals surface area contributed by atoms with Gasteiger partial charge >= 0.3 is 0 Å². The minimum absolute atomic E-state index is 0.00671. The van der Waals surface area contributed by atoms with Crippen LogP contribution < -0.4 is 4.72 Å². The second-order valence-corrected chi connectivity index (χ2v) is 8.66. The minimum atomic E-state index is -3.40. The van der Waals surface area contributed by atoms with Gasteiger partial charge in [0.05, 0.1) is 18.4 Å². The number of aliphatic hydroxyl groups excluding tert-OH is 1. The van der Waals surface area contributed by atoms with Crippen molar-refractivity contribution in [1.29, 1.82) is 0 Å². The Bertz CT molecular complexity index is 1020. The summed E-state index contributed by atoms with van der Waals surface area (Å²) in [6.07, 6.45) is 5.84. The number of benzene rings is 1. The third-order valence-electron chi connectivity index (χ3n) is 4.61. The average Bonchev–Trinajstić information content (AvgIpc) is 3.12. The zero-order valence-electron chi connectivity index (χ0n) is 15.9. The molecule has 0 aliphatic heterocycles. The quantitative estimate of drug-likeness (QED) is 0.605. The number of aliphatic hydroxyl groups is 1. The smallest absolute Gasteiger partial charge is 0.235 e. The van der Waals surface area contributed by atoms with Crippen LogP contribution in [0.2, 0.25) is 0 Å². The maximum atomic E-state index is 12.2. The van der Waals surface area contributed by atoms with E-state index in [2.05, 4.69) is 14.8 Å². The molecule has 8 heteroatoms. The van der Waals surface area contributed by atoms with Crippen molar-refractivity contribution in [3.8, 4) is 22.4 Å². The molecular formula is C20H24N4O3S. The van der Waals surface area contributed by atoms with Crippen molar-refractivity contribution in [2.24, 2.45) is 0 Å². The molecule has 3 rings (SSSR count). The van der Waals surface area contributed by atoms with Crippen molar-refractivity contribution in [1.82, 2.24) is 14.8 Å². The van der Waals surface area contributed by atoms with Gasteiger partial charge in [-0.25, -0.2) is 8.42 Å². The summed E-state index contributed by atoms with van der Waals surface area (Å²) < 4.78 is 28.8. The molecule has 0 fully saturated rings. The molecule has 1 atom stereocenters. The van der Waals surface area contributed by atoms with Crippen molar-refractivity contribution < 1.29 is 13.5 Å². The lowest BCUT2D eigenvalue weighted by atomic mass is 10.0. The number of hydrogen-bond donors (Lipinski definition) is 2. The molecule has 3 aromatic rings. The third-order valence-corrected chi connectivity index (χ3v) is 6.52. The van der Waals surface area contributed by atoms with E-state index in [9.17, 15) is 13.5 Å². The van der Waals surface area contributed by atoms with Crippen LogP contribution in [0.4, 0.5) is 5.69 Å². The number of aromatic nitrogens is 3. The molecule has 0 amide bonds. The maximum absolute atomic E-state index is 12.2. The number of rotatable bonds is 8. The maximum Gasteiger partial charge on any atom is 0.235 e. The van der Waals surface area contributed by atoms with Crippen molar-refractivity contribution >= 4 is 15.7 Å². The molecule has 1 unspecified atom stereocenters. The van der Waals surface area contributed by atoms with Crippen LogP contribution in [0, 0.1) is 0 Å². The Kier molecular flexibility index (Phi) is 6.11. The highest BCUT2D eigenvalue weighted by Crippen LogP contribution is 2.31. The number of nitrogens with one attached hydrogen (secondary N) is 1. The van der Waals surface area contributed by atoms with Crippen LogP contribution in [0.15, 0.2) is 55.0 Å². The highest BCUT2D eigenvalue weighted by atomic mass is 32.2. The lowest BCUT2D eigenvalue weighted by Gasteiger charge is -2.13. The summed E-state index contributed by atoms with van der Waals surface area (Å²) in [7, 11) is -3.40. The zero-order valence-corrected chi connectivity index (χ0v) is 16.7. The molecule has 0 aliphatic carbocycles. The van der Waals surface area contributed by atoms with Crippen LogP contribution in [-0.2, 0) is 16.6 Å². The predicted octanol–water partition coefficient (Wildman–Crippen LogP) is 3.14. The summed E-state index contributed by atoms with van der Waals surface area (Å²) >= 11 is 0. The van der Waals surface area contributed by atoms with Crippen LogP contribution in [0.3, 0.4) is 0 Å². The van der Waals surface area contributed by atoms with E-state index in [1.165, 1.54) is 0 Å². The average molecular weight is 401 g/mol. The second kappa shape index (κ2) is 8.53. The summed E-state index contributed by atoms with van der Waals surface area (Å²) in [5, 5.41) is 13.4. The van der Waals surface area contributed by atoms with Gasteiger partial charge in [0.2, 0.25) is 10.0 Å². The number of hydrogen-bond acceptors (Lipinski definition) is 5. The fourth-order valence-corrected chi connectivity index (χ4v) is 3.88. The summed E-state index contributed by atoms with van der Waals surface area (Å²) in [5.74, 6) is 0. The number of anilines is 1. The van der Waals surface area contributed by atoms with Gasteiger partial charge in [0, 0.05) is 35.4 Å². The molecule has 0 aliphatic rings. The normalized spacial score (nSPS) is 12.7. The predicted molar refractivity (Wildman–Crippen MR) is 110 cm³/mol. The van der Waals surface area contributed by atoms with E-state index in [0.717, 1.165) is 22.4 Å². The highest BCUT2D eigenvalue weighted by Gasteiger charge is 2.19. The minimum Gasteiger partial charge on any atom is -0.394 e. The molecule has 2 heterocycles. The second-order valence-electron chi connectivity index (χ2n) is 6.56. The molecule has 1 aromatic carbocycles. The van der Waals surface area contributed by atoms with Crippen molar-refractivity contribution in [2.45, 2.75) is 32.1 Å². The van der Waals surface area contributed by atoms with Crippen molar-refractivity contribution in [3.05, 3.63) is 55.0 Å². The van der Waals surface area contributed by atoms with Crippen LogP contribution in [-0.4, -0.2) is 40.1 Å². The fourth-order valence-electron chi connectivity index (χ4n) is 2.77. The van der Waals surface area contributed by atoms with E-state index in [0.29, 0.717) is 18.7 Å². The van der Waals surface area contributed by atoms with Crippen LogP contribution in [0.5, 0.6) is 0 Å². The van der Waals surface area contributed by atoms with Gasteiger partial charge in [-0.1, -0.05) is 19.1 Å². The van der Waals surface area contributed by atoms with E-state index in [1.807, 2.05) is 37.4 Å². The van der Waals surface area contributed by atoms with Crippen LogP contribution in [0.1, 0.15) is 20.3 Å². The first-order valence-electron chi connectivity index (χ1n) is 9.15. The van der Waals surface area contributed by atoms with Crippen LogP contribution >= 0.6 is 0 Å². The van der Waals surface area contributed by atoms with E-state index in [1.54, 1.807) is 36.1 Å². The molecular weight excluding hydrogens is 376 g/mol. The van der Waals surface area contributed by atoms with Gasteiger partial charge in [-0.05, 0) is 43.2 Å². The lowest BCUT2D eigenvalue weighted by Crippen LogP contribution is -2.24. The summed E-state index contributed by atoms with van der Waals surface area (Å²) in [5.41, 5.74) is 4.03. The Hall–Kier alpha value is -2.71. The van der Waals surface area contributed by atoms with E-state index in [-0.39, 0.29) is 6.61 Å². The number of nitrogens with zero attached hydrogens (tertiary/aromatic N) is 3. The molecule has 7 nitrogen and oxygen atoms in total. The van der Waals surface area contributed by atoms with Gasteiger partial charge < -0.3 is 5.11 Å². The Morgan fingerprint density at radius 1 is 1.11 bits per heavy atom. The Balaban J connectivity index is 1.93. The summed E-state index contributed by atoms with van der Waals surface area (Å²) in [4.78, 5) is 4.04. The highest BCUT2D eigenvalue weighted by molar-refractivity contribution is 7.93. The monoisotopic (exact) mass is 400 g/mol. The first-order valence-corrected chi connectivity index (χ1v) is 10.7. The molecule has 0 spiro atoms. The Labute approximate surface area is 165 Å². The molecule has 0 radical (unpaired) electrons. The van der Waals surface area contributed by atoms with Gasteiger partial charge in [-0.3, -0.25) is 14.4 Å². The van der Waals surface area contributed by atoms with Crippen LogP contribution in [0.25, 0.3) is 22.4 Å². The van der Waals surface area contributed by atoms with Crippen molar-refractivity contribution in [3.63, 3.8) is 0 Å². The molecule has 2 N–H and O–H groups in total. The van der Waals surface area contributed by atoms with E-state index in [4.69, 9.17) is 0 Å². The number of pyridine rings is 1. The Morgan fingerprint density at radius 2 is 1.79 bits per heavy atom. The van der Waals surface area contributed by atoms with E-state index < -0.39 is 15.3 Å². The summed E-state index contributed by atoms with van der Waals surface area (Å²) in [6, 6.07) is 11.0. The topological polar surface area (TPSA) is 97.1 Å². The SMILES string of the molecule is CCC(C)S(=O)(=O)Nc1ccc(-c2cn(CCO)nc2-c2ccncc2)cc1. The zero-order chi connectivity index (χ0) is 20.1. The third kappa shape index (κ3) is 4.40. The molecule has 148 valence electrons. The first kappa shape index (κ1) is 20.0. The molecule has 28 heavy (non-hydrogen) atoms. The molecule has 0 saturated carbocycles. The van der Waals surface area contributed by atoms with Gasteiger partial charge in [0.1, 0.15) is 5.69 Å². The molecule has 0 bridgehead atoms. The molecule has 0 saturated heterocycles. The lowest BCUT2D eigenvalue weighted by molar-refractivity contribution is 0.269. The van der Waals surface area contributed by atoms with Crippen molar-refractivity contribution in [2.75, 3.05) is 11.3 Å². The number of sulfonamides is 1. The van der Waals surface area contributed by atoms with E-state index >= 15 is 0 Å². The first-order chi connectivity index (χ1) is 13.4. The van der Waals surface area contributed by atoms with Gasteiger partial charge in [0.25, 0.3) is 0 Å². The summed E-state index contributed by atoms with van der Waals surface area (Å²) in [6.45, 7) is 3.92. The Morgan fingerprint density at radius 3 is 2.39 bits per heavy atom. The van der Waals surface area contributed by atoms with Gasteiger partial charge in [0.15, 0.2) is 0 Å².